The van der Waals surface area contributed by atoms with Gasteiger partial charge in [-0.05, 0) is 31.2 Å². The highest BCUT2D eigenvalue weighted by molar-refractivity contribution is 6.09. The van der Waals surface area contributed by atoms with Gasteiger partial charge in [0.15, 0.2) is 0 Å². The first kappa shape index (κ1) is 17.8. The average Bonchev–Trinajstić information content (AvgIpc) is 2.60. The summed E-state index contributed by atoms with van der Waals surface area (Å²) < 4.78 is 0. The summed E-state index contributed by atoms with van der Waals surface area (Å²) in [5.74, 6) is -1.42. The van der Waals surface area contributed by atoms with Crippen LogP contribution in [0.5, 0.6) is 0 Å². The number of hydrogen-bond acceptors (Lipinski definition) is 5. The van der Waals surface area contributed by atoms with E-state index in [2.05, 4.69) is 20.8 Å². The van der Waals surface area contributed by atoms with Gasteiger partial charge in [0, 0.05) is 23.7 Å². The summed E-state index contributed by atoms with van der Waals surface area (Å²) >= 11 is 0. The summed E-state index contributed by atoms with van der Waals surface area (Å²) in [5.41, 5.74) is 8.98. The van der Waals surface area contributed by atoms with Crippen LogP contribution < -0.4 is 16.5 Å². The minimum Gasteiger partial charge on any atom is -0.366 e. The van der Waals surface area contributed by atoms with Crippen LogP contribution in [0.2, 0.25) is 0 Å². The molecule has 0 atom stereocenters. The van der Waals surface area contributed by atoms with Gasteiger partial charge in [-0.15, -0.1) is 0 Å². The second-order valence-corrected chi connectivity index (χ2v) is 5.16. The number of anilines is 1. The molecule has 8 nitrogen and oxygen atoms in total. The Morgan fingerprint density at radius 3 is 2.48 bits per heavy atom. The Bertz CT molecular complexity index is 818. The van der Waals surface area contributed by atoms with E-state index in [1.54, 1.807) is 37.3 Å². The SMILES string of the molecule is C/C(CC(=O)Nc1ccccc1C(N)=O)=N\NC(=O)c1ccncc1. The Balaban J connectivity index is 1.94. The van der Waals surface area contributed by atoms with E-state index in [4.69, 9.17) is 5.73 Å². The van der Waals surface area contributed by atoms with Crippen LogP contribution in [0.15, 0.2) is 53.9 Å². The lowest BCUT2D eigenvalue weighted by atomic mass is 10.1. The third-order valence-corrected chi connectivity index (χ3v) is 3.17. The summed E-state index contributed by atoms with van der Waals surface area (Å²) in [6.45, 7) is 1.60. The Morgan fingerprint density at radius 2 is 1.80 bits per heavy atom. The highest BCUT2D eigenvalue weighted by Gasteiger charge is 2.11. The van der Waals surface area contributed by atoms with Gasteiger partial charge < -0.3 is 11.1 Å². The standard InChI is InChI=1S/C17H17N5O3/c1-11(21-22-17(25)12-6-8-19-9-7-12)10-15(23)20-14-5-3-2-4-13(14)16(18)24/h2-9H,10H2,1H3,(H2,18,24)(H,20,23)(H,22,25)/b21-11+. The minimum atomic E-state index is -0.633. The molecule has 2 aromatic rings. The zero-order valence-corrected chi connectivity index (χ0v) is 13.5. The molecule has 0 spiro atoms. The van der Waals surface area contributed by atoms with Crippen LogP contribution in [0, 0.1) is 0 Å². The minimum absolute atomic E-state index is 0.0519. The molecular weight excluding hydrogens is 322 g/mol. The van der Waals surface area contributed by atoms with Crippen LogP contribution in [-0.4, -0.2) is 28.4 Å². The van der Waals surface area contributed by atoms with E-state index >= 15 is 0 Å². The van der Waals surface area contributed by atoms with E-state index in [-0.39, 0.29) is 17.9 Å². The number of carbonyl (C=O) groups excluding carboxylic acids is 3. The lowest BCUT2D eigenvalue weighted by Crippen LogP contribution is -2.22. The smallest absolute Gasteiger partial charge is 0.271 e. The molecule has 0 radical (unpaired) electrons. The van der Waals surface area contributed by atoms with E-state index in [1.807, 2.05) is 0 Å². The number of nitrogens with two attached hydrogens (primary N) is 1. The van der Waals surface area contributed by atoms with Crippen molar-refractivity contribution in [2.45, 2.75) is 13.3 Å². The van der Waals surface area contributed by atoms with Gasteiger partial charge in [-0.2, -0.15) is 5.10 Å². The third kappa shape index (κ3) is 5.24. The number of pyridine rings is 1. The first-order chi connectivity index (χ1) is 12.0. The summed E-state index contributed by atoms with van der Waals surface area (Å²) in [6, 6.07) is 9.53. The molecule has 8 heteroatoms. The van der Waals surface area contributed by atoms with Gasteiger partial charge in [0.2, 0.25) is 5.91 Å². The molecule has 0 saturated heterocycles. The number of hydrazone groups is 1. The molecule has 0 aliphatic carbocycles. The van der Waals surface area contributed by atoms with E-state index in [0.717, 1.165) is 0 Å². The number of benzene rings is 1. The summed E-state index contributed by atoms with van der Waals surface area (Å²) in [5, 5.41) is 6.48. The second kappa shape index (κ2) is 8.34. The van der Waals surface area contributed by atoms with E-state index < -0.39 is 11.8 Å². The Labute approximate surface area is 144 Å². The maximum atomic E-state index is 12.0. The van der Waals surface area contributed by atoms with E-state index in [0.29, 0.717) is 17.0 Å². The second-order valence-electron chi connectivity index (χ2n) is 5.16. The highest BCUT2D eigenvalue weighted by Crippen LogP contribution is 2.14. The lowest BCUT2D eigenvalue weighted by Gasteiger charge is -2.08. The van der Waals surface area contributed by atoms with Crippen LogP contribution in [0.25, 0.3) is 0 Å². The maximum Gasteiger partial charge on any atom is 0.271 e. The van der Waals surface area contributed by atoms with Crippen molar-refractivity contribution in [2.75, 3.05) is 5.32 Å². The Kier molecular flexibility index (Phi) is 5.94. The normalized spacial score (nSPS) is 10.8. The van der Waals surface area contributed by atoms with Gasteiger partial charge >= 0.3 is 0 Å². The van der Waals surface area contributed by atoms with Crippen molar-refractivity contribution in [3.8, 4) is 0 Å². The van der Waals surface area contributed by atoms with Gasteiger partial charge in [-0.25, -0.2) is 5.43 Å². The topological polar surface area (TPSA) is 127 Å². The van der Waals surface area contributed by atoms with Gasteiger partial charge in [-0.1, -0.05) is 12.1 Å². The van der Waals surface area contributed by atoms with E-state index in [1.165, 1.54) is 18.5 Å². The first-order valence-corrected chi connectivity index (χ1v) is 7.39. The number of nitrogens with zero attached hydrogens (tertiary/aromatic N) is 2. The van der Waals surface area contributed by atoms with Gasteiger partial charge in [0.25, 0.3) is 11.8 Å². The molecule has 1 aromatic carbocycles. The highest BCUT2D eigenvalue weighted by atomic mass is 16.2. The molecule has 0 bridgehead atoms. The number of amides is 3. The number of nitrogens with one attached hydrogen (secondary N) is 2. The Hall–Kier alpha value is -3.55. The molecule has 25 heavy (non-hydrogen) atoms. The van der Waals surface area contributed by atoms with Crippen molar-refractivity contribution in [3.63, 3.8) is 0 Å². The van der Waals surface area contributed by atoms with Crippen molar-refractivity contribution in [1.82, 2.24) is 10.4 Å². The average molecular weight is 339 g/mol. The molecular formula is C17H17N5O3. The van der Waals surface area contributed by atoms with Crippen molar-refractivity contribution >= 4 is 29.1 Å². The van der Waals surface area contributed by atoms with Gasteiger partial charge in [-0.3, -0.25) is 19.4 Å². The maximum absolute atomic E-state index is 12.0. The van der Waals surface area contributed by atoms with Gasteiger partial charge in [0.05, 0.1) is 17.7 Å². The molecule has 0 unspecified atom stereocenters. The van der Waals surface area contributed by atoms with Crippen LogP contribution in [-0.2, 0) is 4.79 Å². The molecule has 0 fully saturated rings. The molecule has 0 aliphatic rings. The number of rotatable bonds is 6. The van der Waals surface area contributed by atoms with Crippen LogP contribution in [0.3, 0.4) is 0 Å². The molecule has 3 amide bonds. The third-order valence-electron chi connectivity index (χ3n) is 3.17. The first-order valence-electron chi connectivity index (χ1n) is 7.39. The van der Waals surface area contributed by atoms with Crippen LogP contribution in [0.1, 0.15) is 34.1 Å². The largest absolute Gasteiger partial charge is 0.366 e. The molecule has 4 N–H and O–H groups in total. The molecule has 128 valence electrons. The van der Waals surface area contributed by atoms with Crippen LogP contribution in [0.4, 0.5) is 5.69 Å². The monoisotopic (exact) mass is 339 g/mol. The van der Waals surface area contributed by atoms with Crippen LogP contribution >= 0.6 is 0 Å². The molecule has 0 aliphatic heterocycles. The molecule has 1 aromatic heterocycles. The molecule has 2 rings (SSSR count). The number of aromatic nitrogens is 1. The summed E-state index contributed by atoms with van der Waals surface area (Å²) in [6.07, 6.45) is 2.94. The van der Waals surface area contributed by atoms with Crippen molar-refractivity contribution in [3.05, 3.63) is 59.9 Å². The zero-order valence-electron chi connectivity index (χ0n) is 13.5. The number of para-hydroxylation sites is 1. The Morgan fingerprint density at radius 1 is 1.12 bits per heavy atom. The number of hydrogen-bond donors (Lipinski definition) is 3. The van der Waals surface area contributed by atoms with E-state index in [9.17, 15) is 14.4 Å². The molecule has 1 heterocycles. The fraction of sp³-hybridized carbons (Fsp3) is 0.118. The summed E-state index contributed by atoms with van der Waals surface area (Å²) in [7, 11) is 0. The quantitative estimate of drug-likeness (QED) is 0.542. The predicted octanol–water partition coefficient (Wildman–Crippen LogP) is 1.31. The molecule has 0 saturated carbocycles. The van der Waals surface area contributed by atoms with Crippen molar-refractivity contribution < 1.29 is 14.4 Å². The summed E-state index contributed by atoms with van der Waals surface area (Å²) in [4.78, 5) is 39.0. The number of carbonyl (C=O) groups is 3. The van der Waals surface area contributed by atoms with Gasteiger partial charge in [0.1, 0.15) is 0 Å². The fourth-order valence-corrected chi connectivity index (χ4v) is 1.99. The van der Waals surface area contributed by atoms with Crippen molar-refractivity contribution in [1.29, 1.82) is 0 Å². The number of primary amides is 1. The zero-order chi connectivity index (χ0) is 18.2. The predicted molar refractivity (Wildman–Crippen MR) is 93.0 cm³/mol. The fourth-order valence-electron chi connectivity index (χ4n) is 1.99. The van der Waals surface area contributed by atoms with Crippen molar-refractivity contribution in [2.24, 2.45) is 10.8 Å². The lowest BCUT2D eigenvalue weighted by molar-refractivity contribution is -0.115.